The smallest absolute Gasteiger partial charge is 0.343 e. The summed E-state index contributed by atoms with van der Waals surface area (Å²) in [5.41, 5.74) is 1.12. The van der Waals surface area contributed by atoms with Crippen LogP contribution in [0.5, 0.6) is 11.5 Å². The summed E-state index contributed by atoms with van der Waals surface area (Å²) in [6.45, 7) is 2.47. The van der Waals surface area contributed by atoms with Gasteiger partial charge in [0, 0.05) is 11.5 Å². The molecule has 0 aliphatic heterocycles. The standard InChI is InChI=1S/C18H13NO3/c1-2-21-16-11-7-15(8-12-16)18(20)22-17-9-5-14(6-10-17)4-3-13-19/h5-12H,2H2,1H3. The van der Waals surface area contributed by atoms with E-state index in [4.69, 9.17) is 14.7 Å². The van der Waals surface area contributed by atoms with E-state index in [1.807, 2.05) is 6.92 Å². The molecule has 0 saturated carbocycles. The molecule has 0 radical (unpaired) electrons. The molecule has 22 heavy (non-hydrogen) atoms. The molecule has 0 N–H and O–H groups in total. The summed E-state index contributed by atoms with van der Waals surface area (Å²) in [6.07, 6.45) is 0. The molecule has 0 aliphatic rings. The summed E-state index contributed by atoms with van der Waals surface area (Å²) >= 11 is 0. The molecule has 0 heterocycles. The zero-order valence-corrected chi connectivity index (χ0v) is 12.0. The maximum atomic E-state index is 12.0. The van der Waals surface area contributed by atoms with Crippen molar-refractivity contribution in [3.8, 4) is 29.4 Å². The topological polar surface area (TPSA) is 59.3 Å². The van der Waals surface area contributed by atoms with Crippen LogP contribution in [0.25, 0.3) is 0 Å². The van der Waals surface area contributed by atoms with Crippen molar-refractivity contribution in [2.75, 3.05) is 6.61 Å². The van der Waals surface area contributed by atoms with Gasteiger partial charge in [-0.05, 0) is 55.5 Å². The van der Waals surface area contributed by atoms with E-state index in [1.54, 1.807) is 54.6 Å². The summed E-state index contributed by atoms with van der Waals surface area (Å²) in [4.78, 5) is 12.0. The highest BCUT2D eigenvalue weighted by Crippen LogP contribution is 2.16. The largest absolute Gasteiger partial charge is 0.494 e. The highest BCUT2D eigenvalue weighted by Gasteiger charge is 2.08. The first-order valence-electron chi connectivity index (χ1n) is 6.68. The van der Waals surface area contributed by atoms with Crippen LogP contribution in [0.1, 0.15) is 22.8 Å². The Morgan fingerprint density at radius 2 is 1.68 bits per heavy atom. The molecule has 0 saturated heterocycles. The number of nitrogens with zero attached hydrogens (tertiary/aromatic N) is 1. The molecule has 2 aromatic rings. The van der Waals surface area contributed by atoms with Gasteiger partial charge in [-0.2, -0.15) is 5.26 Å². The maximum Gasteiger partial charge on any atom is 0.343 e. The first-order valence-corrected chi connectivity index (χ1v) is 6.68. The molecule has 2 rings (SSSR count). The molecule has 0 aliphatic carbocycles. The van der Waals surface area contributed by atoms with Crippen LogP contribution in [0.4, 0.5) is 0 Å². The van der Waals surface area contributed by atoms with Crippen LogP contribution in [-0.4, -0.2) is 12.6 Å². The molecule has 0 atom stereocenters. The molecule has 0 aromatic heterocycles. The number of nitriles is 1. The lowest BCUT2D eigenvalue weighted by Crippen LogP contribution is -2.08. The minimum Gasteiger partial charge on any atom is -0.494 e. The van der Waals surface area contributed by atoms with Crippen LogP contribution >= 0.6 is 0 Å². The van der Waals surface area contributed by atoms with Gasteiger partial charge in [-0.15, -0.1) is 0 Å². The normalized spacial score (nSPS) is 9.09. The second kappa shape index (κ2) is 7.52. The van der Waals surface area contributed by atoms with Crippen molar-refractivity contribution in [2.24, 2.45) is 0 Å². The van der Waals surface area contributed by atoms with Gasteiger partial charge in [0.2, 0.25) is 0 Å². The molecule has 0 amide bonds. The molecule has 0 spiro atoms. The monoisotopic (exact) mass is 291 g/mol. The third-order valence-electron chi connectivity index (χ3n) is 2.73. The van der Waals surface area contributed by atoms with Gasteiger partial charge in [-0.1, -0.05) is 5.92 Å². The number of hydrogen-bond acceptors (Lipinski definition) is 4. The summed E-state index contributed by atoms with van der Waals surface area (Å²) < 4.78 is 10.6. The Bertz CT molecular complexity index is 744. The van der Waals surface area contributed by atoms with Gasteiger partial charge in [0.1, 0.15) is 11.5 Å². The van der Waals surface area contributed by atoms with Gasteiger partial charge in [0.05, 0.1) is 12.2 Å². The fraction of sp³-hybridized carbons (Fsp3) is 0.111. The molecule has 108 valence electrons. The van der Waals surface area contributed by atoms with Crippen molar-refractivity contribution in [3.63, 3.8) is 0 Å². The maximum absolute atomic E-state index is 12.0. The Morgan fingerprint density at radius 1 is 1.05 bits per heavy atom. The highest BCUT2D eigenvalue weighted by molar-refractivity contribution is 5.91. The number of rotatable bonds is 4. The van der Waals surface area contributed by atoms with Crippen LogP contribution < -0.4 is 9.47 Å². The van der Waals surface area contributed by atoms with E-state index >= 15 is 0 Å². The van der Waals surface area contributed by atoms with Crippen molar-refractivity contribution in [2.45, 2.75) is 6.92 Å². The summed E-state index contributed by atoms with van der Waals surface area (Å²) in [5.74, 6) is 5.64. The molecule has 0 unspecified atom stereocenters. The van der Waals surface area contributed by atoms with Crippen molar-refractivity contribution >= 4 is 5.97 Å². The van der Waals surface area contributed by atoms with Gasteiger partial charge in [0.15, 0.2) is 6.07 Å². The van der Waals surface area contributed by atoms with E-state index in [0.717, 1.165) is 0 Å². The number of carbonyl (C=O) groups is 1. The van der Waals surface area contributed by atoms with Crippen LogP contribution in [0, 0.1) is 23.2 Å². The molecular weight excluding hydrogens is 278 g/mol. The minimum atomic E-state index is -0.445. The zero-order valence-electron chi connectivity index (χ0n) is 12.0. The van der Waals surface area contributed by atoms with E-state index in [2.05, 4.69) is 11.8 Å². The predicted molar refractivity (Wildman–Crippen MR) is 81.5 cm³/mol. The van der Waals surface area contributed by atoms with Gasteiger partial charge in [0.25, 0.3) is 0 Å². The van der Waals surface area contributed by atoms with Crippen LogP contribution in [0.2, 0.25) is 0 Å². The lowest BCUT2D eigenvalue weighted by molar-refractivity contribution is 0.0734. The minimum absolute atomic E-state index is 0.418. The Morgan fingerprint density at radius 3 is 2.27 bits per heavy atom. The summed E-state index contributed by atoms with van der Waals surface area (Å²) in [5, 5.41) is 8.38. The van der Waals surface area contributed by atoms with Crippen molar-refractivity contribution in [1.29, 1.82) is 5.26 Å². The Kier molecular flexibility index (Phi) is 5.18. The van der Waals surface area contributed by atoms with E-state index in [9.17, 15) is 4.79 Å². The zero-order chi connectivity index (χ0) is 15.8. The quantitative estimate of drug-likeness (QED) is 0.493. The Balaban J connectivity index is 2.03. The molecule has 0 bridgehead atoms. The van der Waals surface area contributed by atoms with Crippen LogP contribution in [0.15, 0.2) is 48.5 Å². The second-order valence-electron chi connectivity index (χ2n) is 4.23. The number of hydrogen-bond donors (Lipinski definition) is 0. The number of ether oxygens (including phenoxy) is 2. The van der Waals surface area contributed by atoms with E-state index in [1.165, 1.54) is 0 Å². The van der Waals surface area contributed by atoms with Gasteiger partial charge in [-0.25, -0.2) is 4.79 Å². The lowest BCUT2D eigenvalue weighted by Gasteiger charge is -2.06. The lowest BCUT2D eigenvalue weighted by atomic mass is 10.2. The van der Waals surface area contributed by atoms with E-state index in [-0.39, 0.29) is 0 Å². The highest BCUT2D eigenvalue weighted by atomic mass is 16.5. The second-order valence-corrected chi connectivity index (χ2v) is 4.23. The summed E-state index contributed by atoms with van der Waals surface area (Å²) in [7, 11) is 0. The molecule has 4 nitrogen and oxygen atoms in total. The predicted octanol–water partition coefficient (Wildman–Crippen LogP) is 3.18. The van der Waals surface area contributed by atoms with Gasteiger partial charge < -0.3 is 9.47 Å². The third kappa shape index (κ3) is 4.13. The van der Waals surface area contributed by atoms with E-state index < -0.39 is 5.97 Å². The summed E-state index contributed by atoms with van der Waals surface area (Å²) in [6, 6.07) is 15.1. The molecular formula is C18H13NO3. The third-order valence-corrected chi connectivity index (χ3v) is 2.73. The fourth-order valence-corrected chi connectivity index (χ4v) is 1.73. The molecule has 0 fully saturated rings. The van der Waals surface area contributed by atoms with Gasteiger partial charge >= 0.3 is 5.97 Å². The van der Waals surface area contributed by atoms with E-state index in [0.29, 0.717) is 29.2 Å². The van der Waals surface area contributed by atoms with Crippen molar-refractivity contribution in [1.82, 2.24) is 0 Å². The van der Waals surface area contributed by atoms with Gasteiger partial charge in [-0.3, -0.25) is 0 Å². The fourth-order valence-electron chi connectivity index (χ4n) is 1.73. The van der Waals surface area contributed by atoms with Crippen molar-refractivity contribution in [3.05, 3.63) is 59.7 Å². The average molecular weight is 291 g/mol. The Hall–Kier alpha value is -3.24. The molecule has 2 aromatic carbocycles. The number of benzene rings is 2. The Labute approximate surface area is 128 Å². The van der Waals surface area contributed by atoms with Crippen LogP contribution in [-0.2, 0) is 0 Å². The van der Waals surface area contributed by atoms with Crippen molar-refractivity contribution < 1.29 is 14.3 Å². The SMILES string of the molecule is CCOc1ccc(C(=O)Oc2ccc(C#CC#N)cc2)cc1. The van der Waals surface area contributed by atoms with Crippen LogP contribution in [0.3, 0.4) is 0 Å². The number of carbonyl (C=O) groups excluding carboxylic acids is 1. The number of esters is 1. The first kappa shape index (κ1) is 15.2. The molecule has 4 heteroatoms. The first-order chi connectivity index (χ1) is 10.7. The average Bonchev–Trinajstić information content (AvgIpc) is 2.55.